The predicted octanol–water partition coefficient (Wildman–Crippen LogP) is 3.01. The van der Waals surface area contributed by atoms with Gasteiger partial charge >= 0.3 is 5.97 Å². The molecule has 1 aromatic rings. The number of allylic oxidation sites excluding steroid dienone is 2. The summed E-state index contributed by atoms with van der Waals surface area (Å²) in [5.74, 6) is -0.761. The summed E-state index contributed by atoms with van der Waals surface area (Å²) < 4.78 is 5.02. The number of carbonyl (C=O) groups is 2. The average Bonchev–Trinajstić information content (AvgIpc) is 2.81. The Hall–Kier alpha value is -1.92. The standard InChI is InChI=1S/C16H15NO3S2/c1-11(15(19)20-2)17-14(18)13(22-16(17)21)10-6-9-12-7-4-3-5-8-12/h3-11H,1-2H3/t11-/m1/s1. The van der Waals surface area contributed by atoms with E-state index >= 15 is 0 Å². The van der Waals surface area contributed by atoms with Gasteiger partial charge in [0.25, 0.3) is 5.91 Å². The van der Waals surface area contributed by atoms with Crippen molar-refractivity contribution in [2.75, 3.05) is 7.11 Å². The normalized spacial score (nSPS) is 18.3. The monoisotopic (exact) mass is 333 g/mol. The molecule has 6 heteroatoms. The number of esters is 1. The molecule has 0 N–H and O–H groups in total. The molecule has 1 aliphatic heterocycles. The Bertz CT molecular complexity index is 653. The van der Waals surface area contributed by atoms with Crippen molar-refractivity contribution in [1.82, 2.24) is 4.90 Å². The maximum absolute atomic E-state index is 12.3. The van der Waals surface area contributed by atoms with Gasteiger partial charge in [-0.2, -0.15) is 0 Å². The molecule has 1 heterocycles. The number of benzene rings is 1. The highest BCUT2D eigenvalue weighted by atomic mass is 32.2. The van der Waals surface area contributed by atoms with Gasteiger partial charge in [-0.05, 0) is 18.6 Å². The molecular weight excluding hydrogens is 318 g/mol. The highest BCUT2D eigenvalue weighted by Gasteiger charge is 2.38. The molecule has 1 fully saturated rings. The first-order chi connectivity index (χ1) is 10.5. The molecule has 0 radical (unpaired) electrons. The molecule has 114 valence electrons. The molecule has 0 unspecified atom stereocenters. The molecule has 0 bridgehead atoms. The van der Waals surface area contributed by atoms with E-state index in [4.69, 9.17) is 12.2 Å². The SMILES string of the molecule is COC(=O)[C@@H](C)N1C(=O)C(=CC=Cc2ccccc2)SC1=S. The minimum atomic E-state index is -0.721. The second-order valence-corrected chi connectivity index (χ2v) is 6.22. The summed E-state index contributed by atoms with van der Waals surface area (Å²) in [6.07, 6.45) is 5.40. The number of ether oxygens (including phenoxy) is 1. The zero-order chi connectivity index (χ0) is 16.1. The lowest BCUT2D eigenvalue weighted by molar-refractivity contribution is -0.147. The average molecular weight is 333 g/mol. The fourth-order valence-corrected chi connectivity index (χ4v) is 3.28. The molecule has 1 atom stereocenters. The Labute approximate surface area is 138 Å². The first kappa shape index (κ1) is 16.5. The third-order valence-corrected chi connectivity index (χ3v) is 4.44. The molecule has 0 saturated carbocycles. The van der Waals surface area contributed by atoms with Gasteiger partial charge in [0.1, 0.15) is 10.4 Å². The van der Waals surface area contributed by atoms with Gasteiger partial charge < -0.3 is 4.74 Å². The Morgan fingerprint density at radius 1 is 1.36 bits per heavy atom. The maximum Gasteiger partial charge on any atom is 0.328 e. The summed E-state index contributed by atoms with van der Waals surface area (Å²) in [7, 11) is 1.29. The summed E-state index contributed by atoms with van der Waals surface area (Å²) in [6.45, 7) is 1.60. The summed E-state index contributed by atoms with van der Waals surface area (Å²) in [4.78, 5) is 25.7. The first-order valence-electron chi connectivity index (χ1n) is 6.61. The fourth-order valence-electron chi connectivity index (χ4n) is 1.91. The molecule has 0 aromatic heterocycles. The fraction of sp³-hybridized carbons (Fsp3) is 0.188. The van der Waals surface area contributed by atoms with Crippen LogP contribution in [0.5, 0.6) is 0 Å². The third kappa shape index (κ3) is 3.64. The van der Waals surface area contributed by atoms with Gasteiger partial charge in [0.05, 0.1) is 12.0 Å². The number of amides is 1. The number of methoxy groups -OCH3 is 1. The van der Waals surface area contributed by atoms with E-state index in [2.05, 4.69) is 4.74 Å². The van der Waals surface area contributed by atoms with Crippen molar-refractivity contribution in [2.24, 2.45) is 0 Å². The van der Waals surface area contributed by atoms with E-state index in [9.17, 15) is 9.59 Å². The van der Waals surface area contributed by atoms with Crippen molar-refractivity contribution >= 4 is 46.3 Å². The smallest absolute Gasteiger partial charge is 0.328 e. The molecular formula is C16H15NO3S2. The quantitative estimate of drug-likeness (QED) is 0.481. The Kier molecular flexibility index (Phi) is 5.51. The Morgan fingerprint density at radius 2 is 2.05 bits per heavy atom. The zero-order valence-corrected chi connectivity index (χ0v) is 13.8. The van der Waals surface area contributed by atoms with E-state index < -0.39 is 12.0 Å². The molecule has 1 aromatic carbocycles. The highest BCUT2D eigenvalue weighted by Crippen LogP contribution is 2.32. The van der Waals surface area contributed by atoms with E-state index in [1.165, 1.54) is 23.8 Å². The van der Waals surface area contributed by atoms with Gasteiger partial charge in [0, 0.05) is 0 Å². The minimum absolute atomic E-state index is 0.273. The van der Waals surface area contributed by atoms with Crippen LogP contribution in [0.15, 0.2) is 47.4 Å². The van der Waals surface area contributed by atoms with Crippen LogP contribution >= 0.6 is 24.0 Å². The molecule has 1 saturated heterocycles. The molecule has 22 heavy (non-hydrogen) atoms. The Balaban J connectivity index is 2.12. The van der Waals surface area contributed by atoms with E-state index in [1.807, 2.05) is 36.4 Å². The summed E-state index contributed by atoms with van der Waals surface area (Å²) in [6, 6.07) is 9.04. The van der Waals surface area contributed by atoms with Crippen LogP contribution in [0, 0.1) is 0 Å². The van der Waals surface area contributed by atoms with E-state index in [0.29, 0.717) is 9.23 Å². The van der Waals surface area contributed by atoms with Crippen molar-refractivity contribution in [2.45, 2.75) is 13.0 Å². The van der Waals surface area contributed by atoms with Crippen molar-refractivity contribution in [1.29, 1.82) is 0 Å². The van der Waals surface area contributed by atoms with Crippen molar-refractivity contribution in [3.05, 3.63) is 53.0 Å². The van der Waals surface area contributed by atoms with Crippen LogP contribution in [0.25, 0.3) is 6.08 Å². The lowest BCUT2D eigenvalue weighted by atomic mass is 10.2. The van der Waals surface area contributed by atoms with Gasteiger partial charge in [0.15, 0.2) is 0 Å². The summed E-state index contributed by atoms with van der Waals surface area (Å²) >= 11 is 6.36. The van der Waals surface area contributed by atoms with Gasteiger partial charge in [0.2, 0.25) is 0 Å². The van der Waals surface area contributed by atoms with Crippen molar-refractivity contribution < 1.29 is 14.3 Å². The van der Waals surface area contributed by atoms with Gasteiger partial charge in [-0.1, -0.05) is 66.5 Å². The summed E-state index contributed by atoms with van der Waals surface area (Å²) in [5, 5.41) is 0. The molecule has 1 amide bonds. The van der Waals surface area contributed by atoms with Crippen LogP contribution in [0.2, 0.25) is 0 Å². The van der Waals surface area contributed by atoms with Crippen molar-refractivity contribution in [3.63, 3.8) is 0 Å². The van der Waals surface area contributed by atoms with Crippen LogP contribution in [0.4, 0.5) is 0 Å². The number of rotatable bonds is 4. The number of thiocarbonyl (C=S) groups is 1. The molecule has 1 aliphatic rings. The lowest BCUT2D eigenvalue weighted by Gasteiger charge is -2.20. The molecule has 2 rings (SSSR count). The lowest BCUT2D eigenvalue weighted by Crippen LogP contribution is -2.42. The Morgan fingerprint density at radius 3 is 2.68 bits per heavy atom. The number of hydrogen-bond donors (Lipinski definition) is 0. The van der Waals surface area contributed by atoms with Gasteiger partial charge in [-0.15, -0.1) is 0 Å². The maximum atomic E-state index is 12.3. The molecule has 0 aliphatic carbocycles. The van der Waals surface area contributed by atoms with E-state index in [1.54, 1.807) is 19.1 Å². The highest BCUT2D eigenvalue weighted by molar-refractivity contribution is 8.26. The van der Waals surface area contributed by atoms with Crippen LogP contribution in [-0.4, -0.2) is 34.2 Å². The minimum Gasteiger partial charge on any atom is -0.467 e. The van der Waals surface area contributed by atoms with Crippen molar-refractivity contribution in [3.8, 4) is 0 Å². The number of thioether (sulfide) groups is 1. The van der Waals surface area contributed by atoms with Crippen LogP contribution in [0.1, 0.15) is 12.5 Å². The number of carbonyl (C=O) groups excluding carboxylic acids is 2. The van der Waals surface area contributed by atoms with Crippen LogP contribution < -0.4 is 0 Å². The summed E-state index contributed by atoms with van der Waals surface area (Å²) in [5.41, 5.74) is 1.04. The second-order valence-electron chi connectivity index (χ2n) is 4.54. The van der Waals surface area contributed by atoms with Gasteiger partial charge in [-0.25, -0.2) is 4.79 Å². The third-order valence-electron chi connectivity index (χ3n) is 3.09. The van der Waals surface area contributed by atoms with Crippen LogP contribution in [-0.2, 0) is 14.3 Å². The zero-order valence-electron chi connectivity index (χ0n) is 12.2. The van der Waals surface area contributed by atoms with Crippen LogP contribution in [0.3, 0.4) is 0 Å². The predicted molar refractivity (Wildman–Crippen MR) is 92.1 cm³/mol. The number of nitrogens with zero attached hydrogens (tertiary/aromatic N) is 1. The van der Waals surface area contributed by atoms with E-state index in [-0.39, 0.29) is 5.91 Å². The number of hydrogen-bond acceptors (Lipinski definition) is 5. The van der Waals surface area contributed by atoms with Gasteiger partial charge in [-0.3, -0.25) is 9.69 Å². The molecule has 4 nitrogen and oxygen atoms in total. The largest absolute Gasteiger partial charge is 0.467 e. The molecule has 0 spiro atoms. The second kappa shape index (κ2) is 7.38. The first-order valence-corrected chi connectivity index (χ1v) is 7.83. The topological polar surface area (TPSA) is 46.6 Å². The van der Waals surface area contributed by atoms with E-state index in [0.717, 1.165) is 5.56 Å².